The smallest absolute Gasteiger partial charge is 0.208 e. The van der Waals surface area contributed by atoms with Crippen molar-refractivity contribution in [3.63, 3.8) is 0 Å². The largest absolute Gasteiger partial charge is 0.508 e. The maximum absolute atomic E-state index is 9.49. The van der Waals surface area contributed by atoms with Gasteiger partial charge >= 0.3 is 0 Å². The number of aliphatic hydroxyl groups is 2. The van der Waals surface area contributed by atoms with Gasteiger partial charge in [-0.3, -0.25) is 5.10 Å². The molecule has 0 saturated carbocycles. The Bertz CT molecular complexity index is 823. The summed E-state index contributed by atoms with van der Waals surface area (Å²) >= 11 is 1.36. The van der Waals surface area contributed by atoms with Crippen molar-refractivity contribution in [1.29, 1.82) is 0 Å². The van der Waals surface area contributed by atoms with Crippen molar-refractivity contribution < 1.29 is 19.7 Å². The summed E-state index contributed by atoms with van der Waals surface area (Å²) in [5.41, 5.74) is 0.788. The van der Waals surface area contributed by atoms with Gasteiger partial charge in [0.1, 0.15) is 17.6 Å². The Morgan fingerprint density at radius 1 is 1.25 bits per heavy atom. The molecule has 8 heteroatoms. The number of hydrogen-bond acceptors (Lipinski definition) is 7. The summed E-state index contributed by atoms with van der Waals surface area (Å²) in [6, 6.07) is 10.4. The highest BCUT2D eigenvalue weighted by atomic mass is 32.2. The van der Waals surface area contributed by atoms with E-state index in [2.05, 4.69) is 21.6 Å². The molecule has 3 aromatic rings. The van der Waals surface area contributed by atoms with Crippen LogP contribution in [0.1, 0.15) is 0 Å². The quantitative estimate of drug-likeness (QED) is 0.415. The highest BCUT2D eigenvalue weighted by Crippen LogP contribution is 2.29. The van der Waals surface area contributed by atoms with E-state index in [9.17, 15) is 5.11 Å². The van der Waals surface area contributed by atoms with Gasteiger partial charge in [-0.2, -0.15) is 4.98 Å². The zero-order valence-electron chi connectivity index (χ0n) is 12.5. The van der Waals surface area contributed by atoms with Crippen LogP contribution in [0.5, 0.6) is 5.75 Å². The van der Waals surface area contributed by atoms with Crippen molar-refractivity contribution in [3.05, 3.63) is 36.4 Å². The molecule has 0 atom stereocenters. The predicted octanol–water partition coefficient (Wildman–Crippen LogP) is 2.47. The molecule has 4 N–H and O–H groups in total. The molecule has 0 radical (unpaired) electrons. The van der Waals surface area contributed by atoms with E-state index in [1.54, 1.807) is 24.3 Å². The summed E-state index contributed by atoms with van der Waals surface area (Å²) in [5.74, 6) is 2.47. The van der Waals surface area contributed by atoms with Crippen molar-refractivity contribution in [2.24, 2.45) is 0 Å². The lowest BCUT2D eigenvalue weighted by atomic mass is 10.2. The van der Waals surface area contributed by atoms with Crippen LogP contribution in [0, 0.1) is 12.5 Å². The Morgan fingerprint density at radius 2 is 2.00 bits per heavy atom. The van der Waals surface area contributed by atoms with Gasteiger partial charge in [0, 0.05) is 11.3 Å². The highest BCUT2D eigenvalue weighted by molar-refractivity contribution is 7.99. The number of aromatic amines is 1. The van der Waals surface area contributed by atoms with Crippen LogP contribution in [-0.2, 0) is 0 Å². The summed E-state index contributed by atoms with van der Waals surface area (Å²) in [5, 5.41) is 32.8. The normalized spacial score (nSPS) is 9.83. The number of phenols is 1. The number of furan rings is 1. The van der Waals surface area contributed by atoms with Crippen LogP contribution in [0.15, 0.2) is 46.0 Å². The molecule has 24 heavy (non-hydrogen) atoms. The van der Waals surface area contributed by atoms with E-state index in [0.717, 1.165) is 5.56 Å². The van der Waals surface area contributed by atoms with Gasteiger partial charge in [-0.25, -0.2) is 0 Å². The number of H-pyrrole nitrogens is 1. The van der Waals surface area contributed by atoms with E-state index in [1.807, 2.05) is 12.1 Å². The first-order valence-electron chi connectivity index (χ1n) is 6.83. The van der Waals surface area contributed by atoms with Gasteiger partial charge in [0.15, 0.2) is 11.6 Å². The summed E-state index contributed by atoms with van der Waals surface area (Å²) in [7, 11) is 0. The fourth-order valence-electron chi connectivity index (χ4n) is 1.84. The standard InChI is InChI=1S/C14H13N3O3S.C2H2O/c18-6-7-21-14-15-13(16-17-14)12-5-4-11(20-12)9-2-1-3-10(19)8-9;1-2-3/h1-5,8,18-19H,6-7H2,(H,15,16,17);1,3H. The van der Waals surface area contributed by atoms with Gasteiger partial charge in [0.05, 0.1) is 6.61 Å². The molecule has 2 heterocycles. The Morgan fingerprint density at radius 3 is 2.71 bits per heavy atom. The van der Waals surface area contributed by atoms with Crippen LogP contribution in [0.25, 0.3) is 22.9 Å². The molecular formula is C16H15N3O4S. The van der Waals surface area contributed by atoms with Crippen LogP contribution in [0.4, 0.5) is 0 Å². The zero-order valence-corrected chi connectivity index (χ0v) is 13.3. The molecule has 0 amide bonds. The lowest BCUT2D eigenvalue weighted by Gasteiger charge is -1.97. The minimum atomic E-state index is 0.0803. The monoisotopic (exact) mass is 345 g/mol. The van der Waals surface area contributed by atoms with Crippen LogP contribution in [0.2, 0.25) is 0 Å². The summed E-state index contributed by atoms with van der Waals surface area (Å²) in [6.45, 7) is 0.0803. The molecule has 0 aliphatic heterocycles. The Labute approximate surface area is 142 Å². The third-order valence-corrected chi connectivity index (χ3v) is 3.58. The van der Waals surface area contributed by atoms with E-state index in [-0.39, 0.29) is 12.4 Å². The molecule has 0 bridgehead atoms. The van der Waals surface area contributed by atoms with Gasteiger partial charge in [-0.1, -0.05) is 30.3 Å². The fraction of sp³-hybridized carbons (Fsp3) is 0.125. The minimum Gasteiger partial charge on any atom is -0.508 e. The van der Waals surface area contributed by atoms with E-state index >= 15 is 0 Å². The van der Waals surface area contributed by atoms with Gasteiger partial charge in [0.25, 0.3) is 0 Å². The van der Waals surface area contributed by atoms with Crippen LogP contribution in [0.3, 0.4) is 0 Å². The third kappa shape index (κ3) is 4.55. The van der Waals surface area contributed by atoms with Crippen LogP contribution < -0.4 is 0 Å². The SMILES string of the molecule is C#CO.OCCSc1n[nH]c(-c2ccc(-c3cccc(O)c3)o2)n1. The molecule has 124 valence electrons. The number of aliphatic hydroxyl groups excluding tert-OH is 2. The molecule has 0 unspecified atom stereocenters. The summed E-state index contributed by atoms with van der Waals surface area (Å²) < 4.78 is 5.73. The molecule has 0 aliphatic carbocycles. The molecule has 0 spiro atoms. The molecule has 0 fully saturated rings. The van der Waals surface area contributed by atoms with Crippen molar-refractivity contribution in [3.8, 4) is 41.2 Å². The average molecular weight is 345 g/mol. The molecular weight excluding hydrogens is 330 g/mol. The number of terminal acetylenes is 1. The van der Waals surface area contributed by atoms with Crippen molar-refractivity contribution in [1.82, 2.24) is 15.2 Å². The first kappa shape index (κ1) is 17.5. The number of phenolic OH excluding ortho intramolecular Hbond substituents is 1. The number of aromatic hydroxyl groups is 1. The second kappa shape index (κ2) is 8.67. The minimum absolute atomic E-state index is 0.0803. The van der Waals surface area contributed by atoms with Gasteiger partial charge in [-0.15, -0.1) is 5.10 Å². The lowest BCUT2D eigenvalue weighted by molar-refractivity contribution is 0.322. The van der Waals surface area contributed by atoms with Crippen LogP contribution >= 0.6 is 11.8 Å². The molecule has 0 aliphatic rings. The van der Waals surface area contributed by atoms with Crippen LogP contribution in [-0.4, -0.2) is 42.9 Å². The third-order valence-electron chi connectivity index (χ3n) is 2.76. The van der Waals surface area contributed by atoms with Gasteiger partial charge < -0.3 is 19.7 Å². The number of nitrogens with zero attached hydrogens (tertiary/aromatic N) is 2. The lowest BCUT2D eigenvalue weighted by Crippen LogP contribution is -1.86. The Balaban J connectivity index is 0.000000647. The first-order chi connectivity index (χ1) is 11.7. The second-order valence-corrected chi connectivity index (χ2v) is 5.44. The number of aromatic nitrogens is 3. The maximum Gasteiger partial charge on any atom is 0.208 e. The fourth-order valence-corrected chi connectivity index (χ4v) is 2.38. The molecule has 7 nitrogen and oxygen atoms in total. The zero-order chi connectivity index (χ0) is 17.4. The van der Waals surface area contributed by atoms with Gasteiger partial charge in [0.2, 0.25) is 5.16 Å². The maximum atomic E-state index is 9.49. The average Bonchev–Trinajstić information content (AvgIpc) is 3.23. The molecule has 1 aromatic carbocycles. The summed E-state index contributed by atoms with van der Waals surface area (Å²) in [6.07, 6.45) is 5.40. The topological polar surface area (TPSA) is 115 Å². The van der Waals surface area contributed by atoms with E-state index in [4.69, 9.17) is 14.6 Å². The number of benzene rings is 1. The van der Waals surface area contributed by atoms with Crippen molar-refractivity contribution in [2.45, 2.75) is 5.16 Å². The van der Waals surface area contributed by atoms with E-state index in [1.165, 1.54) is 17.9 Å². The second-order valence-electron chi connectivity index (χ2n) is 4.38. The number of hydrogen-bond donors (Lipinski definition) is 4. The predicted molar refractivity (Wildman–Crippen MR) is 89.8 cm³/mol. The number of nitrogens with one attached hydrogen (secondary N) is 1. The highest BCUT2D eigenvalue weighted by Gasteiger charge is 2.11. The molecule has 3 rings (SSSR count). The van der Waals surface area contributed by atoms with Crippen molar-refractivity contribution >= 4 is 11.8 Å². The first-order valence-corrected chi connectivity index (χ1v) is 7.82. The number of rotatable bonds is 5. The Hall–Kier alpha value is -2.89. The summed E-state index contributed by atoms with van der Waals surface area (Å²) in [4.78, 5) is 4.28. The molecule has 2 aromatic heterocycles. The van der Waals surface area contributed by atoms with E-state index in [0.29, 0.717) is 28.3 Å². The Kier molecular flexibility index (Phi) is 6.31. The van der Waals surface area contributed by atoms with E-state index < -0.39 is 0 Å². The van der Waals surface area contributed by atoms with Gasteiger partial charge in [-0.05, 0) is 24.3 Å². The van der Waals surface area contributed by atoms with Crippen molar-refractivity contribution in [2.75, 3.05) is 12.4 Å². The molecule has 0 saturated heterocycles. The number of thioether (sulfide) groups is 1.